The second kappa shape index (κ2) is 6.84. The van der Waals surface area contributed by atoms with E-state index in [0.717, 1.165) is 6.54 Å². The zero-order valence-electron chi connectivity index (χ0n) is 11.0. The van der Waals surface area contributed by atoms with Gasteiger partial charge in [-0.2, -0.15) is 0 Å². The molecule has 1 rings (SSSR count). The number of nitrogens with zero attached hydrogens (tertiary/aromatic N) is 2. The lowest BCUT2D eigenvalue weighted by atomic mass is 9.85. The summed E-state index contributed by atoms with van der Waals surface area (Å²) in [5.41, 5.74) is 0. The maximum Gasteiger partial charge on any atom is 0.315 e. The Morgan fingerprint density at radius 3 is 2.35 bits per heavy atom. The summed E-state index contributed by atoms with van der Waals surface area (Å²) in [6.45, 7) is 9.80. The normalized spacial score (nSPS) is 11.8. The third-order valence-electron chi connectivity index (χ3n) is 2.98. The van der Waals surface area contributed by atoms with Crippen LogP contribution in [0.15, 0.2) is 4.42 Å². The molecule has 0 unspecified atom stereocenters. The third-order valence-corrected chi connectivity index (χ3v) is 3.17. The first-order chi connectivity index (χ1) is 8.04. The van der Waals surface area contributed by atoms with Crippen LogP contribution in [0.1, 0.15) is 33.6 Å². The minimum atomic E-state index is 0.497. The van der Waals surface area contributed by atoms with Crippen LogP contribution in [0.3, 0.4) is 0 Å². The molecule has 1 aromatic rings. The zero-order chi connectivity index (χ0) is 12.8. The fourth-order valence-electron chi connectivity index (χ4n) is 1.95. The Kier molecular flexibility index (Phi) is 5.75. The molecule has 1 N–H and O–H groups in total. The van der Waals surface area contributed by atoms with Crippen LogP contribution in [0.5, 0.6) is 0 Å². The van der Waals surface area contributed by atoms with Gasteiger partial charge in [0.15, 0.2) is 0 Å². The first-order valence-corrected chi connectivity index (χ1v) is 6.70. The van der Waals surface area contributed by atoms with E-state index in [4.69, 9.17) is 16.0 Å². The van der Waals surface area contributed by atoms with Gasteiger partial charge in [-0.05, 0) is 17.8 Å². The minimum absolute atomic E-state index is 0.497. The highest BCUT2D eigenvalue weighted by Crippen LogP contribution is 2.21. The molecule has 0 aliphatic heterocycles. The van der Waals surface area contributed by atoms with Gasteiger partial charge in [0, 0.05) is 18.8 Å². The molecular weight excluding hydrogens is 238 g/mol. The number of aromatic nitrogens is 2. The molecule has 0 radical (unpaired) electrons. The number of anilines is 1. The standard InChI is InChI=1S/C12H22ClN3O/c1-8(2)10(9(3)4)7-14-12-16-15-11(17-12)5-6-13/h8-10H,5-7H2,1-4H3,(H,14,16). The first kappa shape index (κ1) is 14.3. The van der Waals surface area contributed by atoms with Gasteiger partial charge in [0.2, 0.25) is 5.89 Å². The van der Waals surface area contributed by atoms with Crippen molar-refractivity contribution < 1.29 is 4.42 Å². The van der Waals surface area contributed by atoms with Crippen LogP contribution in [0.2, 0.25) is 0 Å². The summed E-state index contributed by atoms with van der Waals surface area (Å²) in [7, 11) is 0. The number of rotatable bonds is 7. The zero-order valence-corrected chi connectivity index (χ0v) is 11.8. The first-order valence-electron chi connectivity index (χ1n) is 6.16. The monoisotopic (exact) mass is 259 g/mol. The molecule has 0 aliphatic rings. The lowest BCUT2D eigenvalue weighted by Crippen LogP contribution is -2.24. The molecule has 5 heteroatoms. The molecule has 0 saturated carbocycles. The van der Waals surface area contributed by atoms with E-state index in [2.05, 4.69) is 43.2 Å². The second-order valence-corrected chi connectivity index (χ2v) is 5.35. The lowest BCUT2D eigenvalue weighted by molar-refractivity contribution is 0.302. The van der Waals surface area contributed by atoms with Gasteiger partial charge < -0.3 is 9.73 Å². The van der Waals surface area contributed by atoms with E-state index in [1.165, 1.54) is 0 Å². The fraction of sp³-hybridized carbons (Fsp3) is 0.833. The van der Waals surface area contributed by atoms with Gasteiger partial charge >= 0.3 is 6.01 Å². The maximum absolute atomic E-state index is 5.61. The molecule has 0 spiro atoms. The summed E-state index contributed by atoms with van der Waals surface area (Å²) in [5, 5.41) is 11.1. The largest absolute Gasteiger partial charge is 0.408 e. The number of hydrogen-bond acceptors (Lipinski definition) is 4. The molecule has 0 atom stereocenters. The van der Waals surface area contributed by atoms with Crippen molar-refractivity contribution in [2.24, 2.45) is 17.8 Å². The topological polar surface area (TPSA) is 51.0 Å². The number of alkyl halides is 1. The van der Waals surface area contributed by atoms with Crippen LogP contribution in [-0.4, -0.2) is 22.6 Å². The fourth-order valence-corrected chi connectivity index (χ4v) is 2.11. The van der Waals surface area contributed by atoms with Crippen molar-refractivity contribution in [3.05, 3.63) is 5.89 Å². The van der Waals surface area contributed by atoms with Crippen LogP contribution in [0.4, 0.5) is 6.01 Å². The Morgan fingerprint density at radius 2 is 1.82 bits per heavy atom. The number of hydrogen-bond donors (Lipinski definition) is 1. The Hall–Kier alpha value is -0.770. The average molecular weight is 260 g/mol. The third kappa shape index (κ3) is 4.54. The van der Waals surface area contributed by atoms with Crippen LogP contribution < -0.4 is 5.32 Å². The molecule has 0 saturated heterocycles. The van der Waals surface area contributed by atoms with E-state index in [1.807, 2.05) is 0 Å². The molecule has 0 amide bonds. The second-order valence-electron chi connectivity index (χ2n) is 4.97. The van der Waals surface area contributed by atoms with Crippen molar-refractivity contribution in [3.8, 4) is 0 Å². The molecular formula is C12H22ClN3O. The van der Waals surface area contributed by atoms with Gasteiger partial charge in [0.05, 0.1) is 0 Å². The predicted octanol–water partition coefficient (Wildman–Crippen LogP) is 3.19. The van der Waals surface area contributed by atoms with Crippen molar-refractivity contribution >= 4 is 17.6 Å². The van der Waals surface area contributed by atoms with E-state index < -0.39 is 0 Å². The average Bonchev–Trinajstić information content (AvgIpc) is 2.65. The quantitative estimate of drug-likeness (QED) is 0.764. The molecule has 0 aromatic carbocycles. The molecule has 1 aromatic heterocycles. The smallest absolute Gasteiger partial charge is 0.315 e. The Labute approximate surface area is 108 Å². The predicted molar refractivity (Wildman–Crippen MR) is 70.4 cm³/mol. The Morgan fingerprint density at radius 1 is 1.18 bits per heavy atom. The van der Waals surface area contributed by atoms with E-state index in [0.29, 0.717) is 42.0 Å². The molecule has 0 bridgehead atoms. The van der Waals surface area contributed by atoms with Crippen molar-refractivity contribution in [1.82, 2.24) is 10.2 Å². The van der Waals surface area contributed by atoms with E-state index in [-0.39, 0.29) is 0 Å². The van der Waals surface area contributed by atoms with Crippen molar-refractivity contribution in [2.75, 3.05) is 17.7 Å². The molecule has 98 valence electrons. The maximum atomic E-state index is 5.61. The van der Waals surface area contributed by atoms with Crippen molar-refractivity contribution in [3.63, 3.8) is 0 Å². The Balaban J connectivity index is 2.47. The summed E-state index contributed by atoms with van der Waals surface area (Å²) in [6.07, 6.45) is 0.619. The summed E-state index contributed by atoms with van der Waals surface area (Å²) in [4.78, 5) is 0. The molecule has 1 heterocycles. The van der Waals surface area contributed by atoms with Gasteiger partial charge in [-0.3, -0.25) is 0 Å². The SMILES string of the molecule is CC(C)C(CNc1nnc(CCCl)o1)C(C)C. The highest BCUT2D eigenvalue weighted by atomic mass is 35.5. The van der Waals surface area contributed by atoms with E-state index in [1.54, 1.807) is 0 Å². The van der Waals surface area contributed by atoms with Crippen LogP contribution in [0.25, 0.3) is 0 Å². The van der Waals surface area contributed by atoms with Crippen LogP contribution in [-0.2, 0) is 6.42 Å². The van der Waals surface area contributed by atoms with Gasteiger partial charge in [-0.25, -0.2) is 0 Å². The number of nitrogens with one attached hydrogen (secondary N) is 1. The molecule has 0 fully saturated rings. The summed E-state index contributed by atoms with van der Waals surface area (Å²) in [5.74, 6) is 2.95. The number of halogens is 1. The molecule has 0 aliphatic carbocycles. The highest BCUT2D eigenvalue weighted by molar-refractivity contribution is 6.17. The summed E-state index contributed by atoms with van der Waals surface area (Å²) in [6, 6.07) is 0.497. The van der Waals surface area contributed by atoms with Gasteiger partial charge in [0.25, 0.3) is 0 Å². The molecule has 17 heavy (non-hydrogen) atoms. The minimum Gasteiger partial charge on any atom is -0.408 e. The van der Waals surface area contributed by atoms with E-state index >= 15 is 0 Å². The van der Waals surface area contributed by atoms with Crippen LogP contribution >= 0.6 is 11.6 Å². The molecule has 4 nitrogen and oxygen atoms in total. The lowest BCUT2D eigenvalue weighted by Gasteiger charge is -2.24. The van der Waals surface area contributed by atoms with Crippen molar-refractivity contribution in [1.29, 1.82) is 0 Å². The van der Waals surface area contributed by atoms with Gasteiger partial charge in [0.1, 0.15) is 0 Å². The van der Waals surface area contributed by atoms with E-state index in [9.17, 15) is 0 Å². The van der Waals surface area contributed by atoms with Crippen molar-refractivity contribution in [2.45, 2.75) is 34.1 Å². The Bertz CT molecular complexity index is 317. The van der Waals surface area contributed by atoms with Gasteiger partial charge in [-0.1, -0.05) is 32.8 Å². The van der Waals surface area contributed by atoms with Gasteiger partial charge in [-0.15, -0.1) is 16.7 Å². The van der Waals surface area contributed by atoms with Crippen LogP contribution in [0, 0.1) is 17.8 Å². The summed E-state index contributed by atoms with van der Waals surface area (Å²) < 4.78 is 5.42. The summed E-state index contributed by atoms with van der Waals surface area (Å²) >= 11 is 5.61. The highest BCUT2D eigenvalue weighted by Gasteiger charge is 2.18. The number of aryl methyl sites for hydroxylation is 1.